The highest BCUT2D eigenvalue weighted by Crippen LogP contribution is 2.43. The third kappa shape index (κ3) is 4.56. The van der Waals surface area contributed by atoms with Crippen LogP contribution in [0.5, 0.6) is 0 Å². The van der Waals surface area contributed by atoms with Crippen LogP contribution in [0.1, 0.15) is 19.8 Å². The highest BCUT2D eigenvalue weighted by atomic mass is 19.1. The molecule has 4 aromatic rings. The molecule has 5 heterocycles. The monoisotopic (exact) mass is 516 g/mol. The number of piperidine rings is 1. The van der Waals surface area contributed by atoms with Gasteiger partial charge in [-0.1, -0.05) is 12.1 Å². The minimum atomic E-state index is -0.319. The second-order valence-corrected chi connectivity index (χ2v) is 9.81. The Morgan fingerprint density at radius 3 is 2.29 bits per heavy atom. The molecular formula is C28H29FN6O3. The van der Waals surface area contributed by atoms with E-state index < -0.39 is 0 Å². The molecule has 6 rings (SSSR count). The van der Waals surface area contributed by atoms with Gasteiger partial charge < -0.3 is 24.2 Å². The van der Waals surface area contributed by atoms with E-state index in [1.165, 1.54) is 18.5 Å². The minimum Gasteiger partial charge on any atom is -0.437 e. The first-order chi connectivity index (χ1) is 18.5. The lowest BCUT2D eigenvalue weighted by molar-refractivity contribution is -0.129. The SMILES string of the molecule is CC(=O)N1CCN(c2ccc(-c3oc4ncnc(N5CCC(O)CC5)c4c3-c3ccc(F)cc3)cn2)CC1. The van der Waals surface area contributed by atoms with Crippen molar-refractivity contribution in [3.8, 4) is 22.5 Å². The van der Waals surface area contributed by atoms with Crippen molar-refractivity contribution in [2.24, 2.45) is 0 Å². The highest BCUT2D eigenvalue weighted by molar-refractivity contribution is 6.06. The van der Waals surface area contributed by atoms with Gasteiger partial charge in [-0.25, -0.2) is 19.3 Å². The number of piperazine rings is 1. The Labute approximate surface area is 219 Å². The molecule has 0 bridgehead atoms. The van der Waals surface area contributed by atoms with Crippen molar-refractivity contribution in [1.82, 2.24) is 19.9 Å². The number of aliphatic hydroxyl groups is 1. The number of carbonyl (C=O) groups is 1. The summed E-state index contributed by atoms with van der Waals surface area (Å²) >= 11 is 0. The number of carbonyl (C=O) groups excluding carboxylic acids is 1. The van der Waals surface area contributed by atoms with Crippen molar-refractivity contribution < 1.29 is 18.7 Å². The highest BCUT2D eigenvalue weighted by Gasteiger charge is 2.27. The Bertz CT molecular complexity index is 1440. The van der Waals surface area contributed by atoms with Crippen LogP contribution in [0.15, 0.2) is 53.3 Å². The zero-order valence-corrected chi connectivity index (χ0v) is 21.2. The smallest absolute Gasteiger partial charge is 0.232 e. The number of hydrogen-bond donors (Lipinski definition) is 1. The van der Waals surface area contributed by atoms with Crippen LogP contribution in [-0.2, 0) is 4.79 Å². The van der Waals surface area contributed by atoms with Gasteiger partial charge in [0.15, 0.2) is 0 Å². The fourth-order valence-corrected chi connectivity index (χ4v) is 5.29. The number of rotatable bonds is 4. The molecule has 38 heavy (non-hydrogen) atoms. The number of halogens is 1. The number of aliphatic hydroxyl groups excluding tert-OH is 1. The molecule has 0 aliphatic carbocycles. The number of aromatic nitrogens is 3. The summed E-state index contributed by atoms with van der Waals surface area (Å²) in [6, 6.07) is 10.3. The Morgan fingerprint density at radius 2 is 1.63 bits per heavy atom. The summed E-state index contributed by atoms with van der Waals surface area (Å²) in [7, 11) is 0. The largest absolute Gasteiger partial charge is 0.437 e. The third-order valence-corrected chi connectivity index (χ3v) is 7.42. The molecule has 2 saturated heterocycles. The predicted molar refractivity (Wildman–Crippen MR) is 142 cm³/mol. The Balaban J connectivity index is 1.40. The maximum atomic E-state index is 13.8. The summed E-state index contributed by atoms with van der Waals surface area (Å²) < 4.78 is 20.2. The Morgan fingerprint density at radius 1 is 0.921 bits per heavy atom. The van der Waals surface area contributed by atoms with Crippen molar-refractivity contribution >= 4 is 28.6 Å². The molecule has 1 N–H and O–H groups in total. The van der Waals surface area contributed by atoms with Gasteiger partial charge >= 0.3 is 0 Å². The molecule has 1 amide bonds. The summed E-state index contributed by atoms with van der Waals surface area (Å²) in [5, 5.41) is 10.8. The van der Waals surface area contributed by atoms with Gasteiger partial charge in [-0.05, 0) is 42.7 Å². The van der Waals surface area contributed by atoms with Gasteiger partial charge in [0.2, 0.25) is 11.6 Å². The fraction of sp³-hybridized carbons (Fsp3) is 0.357. The van der Waals surface area contributed by atoms with Crippen molar-refractivity contribution in [3.63, 3.8) is 0 Å². The molecule has 1 aromatic carbocycles. The van der Waals surface area contributed by atoms with Gasteiger partial charge in [-0.3, -0.25) is 4.79 Å². The van der Waals surface area contributed by atoms with E-state index in [1.54, 1.807) is 25.3 Å². The number of nitrogens with zero attached hydrogens (tertiary/aromatic N) is 6. The molecule has 0 saturated carbocycles. The molecule has 0 atom stereocenters. The van der Waals surface area contributed by atoms with Crippen molar-refractivity contribution in [2.75, 3.05) is 49.1 Å². The lowest BCUT2D eigenvalue weighted by Crippen LogP contribution is -2.48. The molecular weight excluding hydrogens is 487 g/mol. The normalized spacial score (nSPS) is 16.9. The maximum Gasteiger partial charge on any atom is 0.232 e. The summed E-state index contributed by atoms with van der Waals surface area (Å²) in [6.45, 7) is 5.73. The molecule has 3 aromatic heterocycles. The van der Waals surface area contributed by atoms with E-state index in [1.807, 2.05) is 17.0 Å². The average Bonchev–Trinajstić information content (AvgIpc) is 3.34. The second-order valence-electron chi connectivity index (χ2n) is 9.81. The van der Waals surface area contributed by atoms with E-state index in [9.17, 15) is 14.3 Å². The van der Waals surface area contributed by atoms with E-state index in [2.05, 4.69) is 19.8 Å². The minimum absolute atomic E-state index is 0.0920. The van der Waals surface area contributed by atoms with Crippen LogP contribution in [0.25, 0.3) is 33.6 Å². The molecule has 9 nitrogen and oxygen atoms in total. The van der Waals surface area contributed by atoms with Crippen LogP contribution >= 0.6 is 0 Å². The number of furan rings is 1. The average molecular weight is 517 g/mol. The van der Waals surface area contributed by atoms with Crippen LogP contribution in [0.3, 0.4) is 0 Å². The summed E-state index contributed by atoms with van der Waals surface area (Å²) in [5.74, 6) is 1.94. The van der Waals surface area contributed by atoms with Crippen molar-refractivity contribution in [2.45, 2.75) is 25.9 Å². The molecule has 0 unspecified atom stereocenters. The first-order valence-electron chi connectivity index (χ1n) is 12.9. The summed E-state index contributed by atoms with van der Waals surface area (Å²) in [4.78, 5) is 31.6. The van der Waals surface area contributed by atoms with Crippen LogP contribution in [0, 0.1) is 5.82 Å². The number of hydrogen-bond acceptors (Lipinski definition) is 8. The predicted octanol–water partition coefficient (Wildman–Crippen LogP) is 3.72. The lowest BCUT2D eigenvalue weighted by atomic mass is 9.99. The van der Waals surface area contributed by atoms with Crippen molar-refractivity contribution in [3.05, 3.63) is 54.7 Å². The second kappa shape index (κ2) is 10.0. The van der Waals surface area contributed by atoms with Crippen LogP contribution in [0.4, 0.5) is 16.0 Å². The van der Waals surface area contributed by atoms with Crippen LogP contribution in [0.2, 0.25) is 0 Å². The van der Waals surface area contributed by atoms with Gasteiger partial charge in [-0.2, -0.15) is 0 Å². The molecule has 2 aliphatic heterocycles. The van der Waals surface area contributed by atoms with E-state index in [-0.39, 0.29) is 17.8 Å². The number of amides is 1. The molecule has 196 valence electrons. The number of anilines is 2. The van der Waals surface area contributed by atoms with Gasteiger partial charge in [0.1, 0.15) is 29.5 Å². The Hall–Kier alpha value is -4.05. The molecule has 0 radical (unpaired) electrons. The fourth-order valence-electron chi connectivity index (χ4n) is 5.29. The van der Waals surface area contributed by atoms with E-state index in [4.69, 9.17) is 9.40 Å². The zero-order chi connectivity index (χ0) is 26.2. The summed E-state index contributed by atoms with van der Waals surface area (Å²) in [6.07, 6.45) is 4.28. The quantitative estimate of drug-likeness (QED) is 0.438. The van der Waals surface area contributed by atoms with E-state index >= 15 is 0 Å². The standard InChI is InChI=1S/C28H29FN6O3/c1-18(36)33-12-14-34(15-13-33)23-7-4-20(16-30-23)26-24(19-2-5-21(29)6-3-19)25-27(31-17-32-28(25)38-26)35-10-8-22(37)9-11-35/h2-7,16-17,22,37H,8-15H2,1H3. The third-order valence-electron chi connectivity index (χ3n) is 7.42. The van der Waals surface area contributed by atoms with Crippen molar-refractivity contribution in [1.29, 1.82) is 0 Å². The van der Waals surface area contributed by atoms with E-state index in [0.29, 0.717) is 50.5 Å². The molecule has 10 heteroatoms. The van der Waals surface area contributed by atoms with Gasteiger partial charge in [-0.15, -0.1) is 0 Å². The topological polar surface area (TPSA) is 98.8 Å². The number of fused-ring (bicyclic) bond motifs is 1. The molecule has 2 aliphatic rings. The first-order valence-corrected chi connectivity index (χ1v) is 12.9. The van der Waals surface area contributed by atoms with Crippen LogP contribution in [-0.4, -0.2) is 76.2 Å². The van der Waals surface area contributed by atoms with Gasteiger partial charge in [0.25, 0.3) is 0 Å². The molecule has 0 spiro atoms. The van der Waals surface area contributed by atoms with E-state index in [0.717, 1.165) is 46.8 Å². The lowest BCUT2D eigenvalue weighted by Gasteiger charge is -2.34. The van der Waals surface area contributed by atoms with Crippen LogP contribution < -0.4 is 9.80 Å². The number of pyridine rings is 1. The number of benzene rings is 1. The first kappa shape index (κ1) is 24.3. The summed E-state index contributed by atoms with van der Waals surface area (Å²) in [5.41, 5.74) is 2.79. The van der Waals surface area contributed by atoms with Gasteiger partial charge in [0, 0.05) is 63.5 Å². The Kier molecular flexibility index (Phi) is 6.40. The zero-order valence-electron chi connectivity index (χ0n) is 21.2. The molecule has 2 fully saturated rings. The van der Waals surface area contributed by atoms with Gasteiger partial charge in [0.05, 0.1) is 11.5 Å². The maximum absolute atomic E-state index is 13.8.